The van der Waals surface area contributed by atoms with E-state index in [-0.39, 0.29) is 5.56 Å². The maximum Gasteiger partial charge on any atom is 0.259 e. The van der Waals surface area contributed by atoms with Crippen LogP contribution in [0.1, 0.15) is 29.1 Å². The van der Waals surface area contributed by atoms with Gasteiger partial charge in [0.1, 0.15) is 16.5 Å². The van der Waals surface area contributed by atoms with E-state index in [4.69, 9.17) is 4.98 Å². The van der Waals surface area contributed by atoms with Crippen LogP contribution in [0.25, 0.3) is 10.2 Å². The Bertz CT molecular complexity index is 1000. The van der Waals surface area contributed by atoms with Crippen molar-refractivity contribution in [2.24, 2.45) is 0 Å². The Morgan fingerprint density at radius 3 is 2.78 bits per heavy atom. The topological polar surface area (TPSA) is 65.1 Å². The molecule has 1 aliphatic heterocycles. The maximum atomic E-state index is 12.7. The molecule has 1 fully saturated rings. The summed E-state index contributed by atoms with van der Waals surface area (Å²) >= 11 is 1.72. The summed E-state index contributed by atoms with van der Waals surface area (Å²) in [5, 5.41) is 0.846. The molecule has 0 spiro atoms. The molecule has 0 saturated carbocycles. The Morgan fingerprint density at radius 1 is 1.11 bits per heavy atom. The molecule has 4 heterocycles. The van der Waals surface area contributed by atoms with Crippen LogP contribution < -0.4 is 10.5 Å². The number of fused-ring (bicyclic) bond motifs is 3. The number of hydrogen-bond donors (Lipinski definition) is 1. The van der Waals surface area contributed by atoms with Crippen LogP contribution >= 0.6 is 11.3 Å². The van der Waals surface area contributed by atoms with Gasteiger partial charge >= 0.3 is 0 Å². The lowest BCUT2D eigenvalue weighted by Crippen LogP contribution is -2.46. The second-order valence-corrected chi connectivity index (χ2v) is 8.44. The largest absolute Gasteiger partial charge is 0.354 e. The number of hydrogen-bond acceptors (Lipinski definition) is 6. The zero-order valence-corrected chi connectivity index (χ0v) is 16.1. The van der Waals surface area contributed by atoms with Crippen molar-refractivity contribution in [3.63, 3.8) is 0 Å². The predicted octanol–water partition coefficient (Wildman–Crippen LogP) is 2.58. The molecule has 0 aromatic carbocycles. The maximum absolute atomic E-state index is 12.7. The minimum Gasteiger partial charge on any atom is -0.354 e. The van der Waals surface area contributed by atoms with E-state index >= 15 is 0 Å². The molecule has 0 radical (unpaired) electrons. The Hall–Kier alpha value is -2.25. The fourth-order valence-electron chi connectivity index (χ4n) is 4.17. The number of piperazine rings is 1. The Morgan fingerprint density at radius 2 is 1.96 bits per heavy atom. The van der Waals surface area contributed by atoms with Crippen LogP contribution in [0.3, 0.4) is 0 Å². The molecule has 0 bridgehead atoms. The minimum absolute atomic E-state index is 0.0431. The van der Waals surface area contributed by atoms with E-state index in [1.807, 2.05) is 18.3 Å². The van der Waals surface area contributed by atoms with Crippen LogP contribution in [0.15, 0.2) is 29.2 Å². The zero-order chi connectivity index (χ0) is 18.2. The van der Waals surface area contributed by atoms with Crippen molar-refractivity contribution in [1.82, 2.24) is 19.9 Å². The molecule has 3 aromatic heterocycles. The first kappa shape index (κ1) is 16.9. The molecule has 1 N–H and O–H groups in total. The quantitative estimate of drug-likeness (QED) is 0.755. The summed E-state index contributed by atoms with van der Waals surface area (Å²) in [6, 6.07) is 6.03. The first-order chi connectivity index (χ1) is 13.3. The number of nitrogens with zero attached hydrogens (tertiary/aromatic N) is 4. The smallest absolute Gasteiger partial charge is 0.259 e. The Kier molecular flexibility index (Phi) is 4.41. The lowest BCUT2D eigenvalue weighted by Gasteiger charge is -2.35. The molecule has 0 amide bonds. The molecular formula is C20H23N5OS. The number of H-pyrrole nitrogens is 1. The molecule has 3 aromatic rings. The molecule has 0 unspecified atom stereocenters. The third-order valence-corrected chi connectivity index (χ3v) is 6.78. The van der Waals surface area contributed by atoms with Crippen LogP contribution in [0.5, 0.6) is 0 Å². The number of pyridine rings is 1. The molecule has 140 valence electrons. The van der Waals surface area contributed by atoms with Crippen LogP contribution in [-0.2, 0) is 19.4 Å². The van der Waals surface area contributed by atoms with Crippen molar-refractivity contribution in [2.75, 3.05) is 31.1 Å². The number of aromatic amines is 1. The highest BCUT2D eigenvalue weighted by molar-refractivity contribution is 7.18. The van der Waals surface area contributed by atoms with Gasteiger partial charge in [0.2, 0.25) is 0 Å². The van der Waals surface area contributed by atoms with Crippen molar-refractivity contribution >= 4 is 27.4 Å². The summed E-state index contributed by atoms with van der Waals surface area (Å²) in [6.45, 7) is 4.47. The number of thiophene rings is 1. The summed E-state index contributed by atoms with van der Waals surface area (Å²) in [4.78, 5) is 31.9. The van der Waals surface area contributed by atoms with Crippen molar-refractivity contribution in [3.05, 3.63) is 51.0 Å². The number of rotatable bonds is 3. The molecular weight excluding hydrogens is 358 g/mol. The van der Waals surface area contributed by atoms with Crippen LogP contribution in [0, 0.1) is 0 Å². The van der Waals surface area contributed by atoms with Gasteiger partial charge in [-0.1, -0.05) is 6.07 Å². The molecule has 0 atom stereocenters. The fraction of sp³-hybridized carbons (Fsp3) is 0.450. The van der Waals surface area contributed by atoms with Crippen molar-refractivity contribution in [2.45, 2.75) is 32.2 Å². The summed E-state index contributed by atoms with van der Waals surface area (Å²) in [5.41, 5.74) is 1.30. The van der Waals surface area contributed by atoms with E-state index in [0.29, 0.717) is 6.54 Å². The van der Waals surface area contributed by atoms with Gasteiger partial charge < -0.3 is 9.88 Å². The number of aryl methyl sites for hydroxylation is 2. The van der Waals surface area contributed by atoms with E-state index in [9.17, 15) is 4.79 Å². The lowest BCUT2D eigenvalue weighted by atomic mass is 9.97. The average molecular weight is 382 g/mol. The van der Waals surface area contributed by atoms with Gasteiger partial charge in [-0.05, 0) is 43.4 Å². The number of aromatic nitrogens is 3. The summed E-state index contributed by atoms with van der Waals surface area (Å²) in [7, 11) is 0. The lowest BCUT2D eigenvalue weighted by molar-refractivity contribution is 0.243. The highest BCUT2D eigenvalue weighted by Crippen LogP contribution is 2.33. The standard InChI is InChI=1S/C20H23N5OS/c26-19-18-14-5-1-2-6-15(14)27-20(18)23-16(22-19)13-24-9-11-25(12-10-24)17-7-3-4-8-21-17/h3-4,7-8H,1-2,5-6,9-13H2,(H,22,23,26). The highest BCUT2D eigenvalue weighted by atomic mass is 32.1. The fourth-order valence-corrected chi connectivity index (χ4v) is 5.45. The van der Waals surface area contributed by atoms with E-state index in [0.717, 1.165) is 60.9 Å². The highest BCUT2D eigenvalue weighted by Gasteiger charge is 2.22. The van der Waals surface area contributed by atoms with E-state index < -0.39 is 0 Å². The number of anilines is 1. The summed E-state index contributed by atoms with van der Waals surface area (Å²) < 4.78 is 0. The van der Waals surface area contributed by atoms with Gasteiger partial charge in [-0.15, -0.1) is 11.3 Å². The molecule has 7 heteroatoms. The molecule has 5 rings (SSSR count). The predicted molar refractivity (Wildman–Crippen MR) is 109 cm³/mol. The second kappa shape index (κ2) is 7.05. The first-order valence-electron chi connectivity index (χ1n) is 9.70. The van der Waals surface area contributed by atoms with Crippen LogP contribution in [-0.4, -0.2) is 46.0 Å². The first-order valence-corrected chi connectivity index (χ1v) is 10.5. The van der Waals surface area contributed by atoms with Crippen LogP contribution in [0.2, 0.25) is 0 Å². The monoisotopic (exact) mass is 381 g/mol. The van der Waals surface area contributed by atoms with Crippen LogP contribution in [0.4, 0.5) is 5.82 Å². The third-order valence-electron chi connectivity index (χ3n) is 5.59. The normalized spacial score (nSPS) is 18.0. The Balaban J connectivity index is 1.32. The SMILES string of the molecule is O=c1[nH]c(CN2CCN(c3ccccn3)CC2)nc2sc3c(c12)CCCC3. The second-order valence-electron chi connectivity index (χ2n) is 7.35. The third kappa shape index (κ3) is 3.26. The molecule has 6 nitrogen and oxygen atoms in total. The van der Waals surface area contributed by atoms with Crippen molar-refractivity contribution in [3.8, 4) is 0 Å². The van der Waals surface area contributed by atoms with E-state index in [1.54, 1.807) is 11.3 Å². The van der Waals surface area contributed by atoms with E-state index in [2.05, 4.69) is 25.8 Å². The van der Waals surface area contributed by atoms with Gasteiger partial charge in [0.15, 0.2) is 0 Å². The van der Waals surface area contributed by atoms with Gasteiger partial charge in [-0.2, -0.15) is 0 Å². The van der Waals surface area contributed by atoms with Gasteiger partial charge in [-0.25, -0.2) is 9.97 Å². The molecule has 1 saturated heterocycles. The summed E-state index contributed by atoms with van der Waals surface area (Å²) in [6.07, 6.45) is 6.37. The van der Waals surface area contributed by atoms with Gasteiger partial charge in [-0.3, -0.25) is 9.69 Å². The molecule has 2 aliphatic rings. The van der Waals surface area contributed by atoms with E-state index in [1.165, 1.54) is 23.3 Å². The van der Waals surface area contributed by atoms with Gasteiger partial charge in [0.05, 0.1) is 11.9 Å². The molecule has 1 aliphatic carbocycles. The Labute approximate surface area is 161 Å². The van der Waals surface area contributed by atoms with Gasteiger partial charge in [0, 0.05) is 37.3 Å². The zero-order valence-electron chi connectivity index (χ0n) is 15.3. The average Bonchev–Trinajstić information content (AvgIpc) is 3.08. The van der Waals surface area contributed by atoms with Crippen molar-refractivity contribution < 1.29 is 0 Å². The van der Waals surface area contributed by atoms with Crippen molar-refractivity contribution in [1.29, 1.82) is 0 Å². The van der Waals surface area contributed by atoms with Gasteiger partial charge in [0.25, 0.3) is 5.56 Å². The molecule has 27 heavy (non-hydrogen) atoms. The minimum atomic E-state index is 0.0431. The number of nitrogens with one attached hydrogen (secondary N) is 1. The summed E-state index contributed by atoms with van der Waals surface area (Å²) in [5.74, 6) is 1.83.